The molecule has 3 aromatic carbocycles. The number of amides is 3. The molecule has 7 nitrogen and oxygen atoms in total. The normalized spacial score (nSPS) is 11.0. The second kappa shape index (κ2) is 9.96. The minimum absolute atomic E-state index is 0.110. The molecule has 0 unspecified atom stereocenters. The molecule has 0 spiro atoms. The first-order valence-corrected chi connectivity index (χ1v) is 10.4. The number of rotatable bonds is 6. The van der Waals surface area contributed by atoms with Crippen molar-refractivity contribution in [2.24, 2.45) is 0 Å². The largest absolute Gasteiger partial charge is 0.444 e. The Morgan fingerprint density at radius 1 is 0.812 bits per heavy atom. The number of nitrogens with one attached hydrogen (secondary N) is 3. The highest BCUT2D eigenvalue weighted by Crippen LogP contribution is 2.20. The van der Waals surface area contributed by atoms with E-state index >= 15 is 0 Å². The van der Waals surface area contributed by atoms with Crippen LogP contribution in [-0.2, 0) is 9.53 Å². The molecular weight excluding hydrogens is 406 g/mol. The highest BCUT2D eigenvalue weighted by Gasteiger charge is 2.16. The summed E-state index contributed by atoms with van der Waals surface area (Å²) in [7, 11) is 0. The van der Waals surface area contributed by atoms with Crippen LogP contribution in [0.2, 0.25) is 0 Å². The van der Waals surface area contributed by atoms with Gasteiger partial charge in [-0.3, -0.25) is 9.59 Å². The van der Waals surface area contributed by atoms with Crippen LogP contribution in [-0.4, -0.2) is 30.1 Å². The third kappa shape index (κ3) is 6.57. The van der Waals surface area contributed by atoms with E-state index in [-0.39, 0.29) is 24.8 Å². The molecule has 0 atom stereocenters. The Morgan fingerprint density at radius 2 is 1.44 bits per heavy atom. The summed E-state index contributed by atoms with van der Waals surface area (Å²) in [6, 6.07) is 20.2. The first kappa shape index (κ1) is 22.8. The monoisotopic (exact) mass is 433 g/mol. The van der Waals surface area contributed by atoms with E-state index in [0.29, 0.717) is 16.9 Å². The van der Waals surface area contributed by atoms with Crippen LogP contribution in [0.5, 0.6) is 0 Å². The predicted molar refractivity (Wildman–Crippen MR) is 126 cm³/mol. The standard InChI is InChI=1S/C25H27N3O4/c1-25(2,3)32-24(31)26-16-15-22(29)27-18-11-13-19(14-12-18)28-23(30)21-10-6-8-17-7-4-5-9-20(17)21/h4-14H,15-16H2,1-3H3,(H,26,31)(H,27,29)(H,28,30). The predicted octanol–water partition coefficient (Wildman–Crippen LogP) is 4.95. The summed E-state index contributed by atoms with van der Waals surface area (Å²) in [4.78, 5) is 36.4. The van der Waals surface area contributed by atoms with Gasteiger partial charge in [-0.05, 0) is 61.9 Å². The van der Waals surface area contributed by atoms with Gasteiger partial charge >= 0.3 is 6.09 Å². The molecule has 0 aliphatic rings. The first-order valence-electron chi connectivity index (χ1n) is 10.4. The molecule has 3 aromatic rings. The fourth-order valence-corrected chi connectivity index (χ4v) is 3.07. The number of hydrogen-bond acceptors (Lipinski definition) is 4. The van der Waals surface area contributed by atoms with Crippen LogP contribution in [0.3, 0.4) is 0 Å². The van der Waals surface area contributed by atoms with E-state index in [4.69, 9.17) is 4.74 Å². The average molecular weight is 434 g/mol. The van der Waals surface area contributed by atoms with Crippen LogP contribution in [0.25, 0.3) is 10.8 Å². The van der Waals surface area contributed by atoms with Crippen LogP contribution in [0.1, 0.15) is 37.6 Å². The summed E-state index contributed by atoms with van der Waals surface area (Å²) < 4.78 is 5.12. The number of fused-ring (bicyclic) bond motifs is 1. The maximum Gasteiger partial charge on any atom is 0.407 e. The highest BCUT2D eigenvalue weighted by molar-refractivity contribution is 6.13. The van der Waals surface area contributed by atoms with Crippen molar-refractivity contribution in [1.29, 1.82) is 0 Å². The zero-order valence-electron chi connectivity index (χ0n) is 18.4. The molecular formula is C25H27N3O4. The minimum Gasteiger partial charge on any atom is -0.444 e. The lowest BCUT2D eigenvalue weighted by atomic mass is 10.0. The van der Waals surface area contributed by atoms with E-state index in [9.17, 15) is 14.4 Å². The maximum absolute atomic E-state index is 12.7. The Bertz CT molecular complexity index is 1110. The molecule has 32 heavy (non-hydrogen) atoms. The molecule has 3 rings (SSSR count). The van der Waals surface area contributed by atoms with Crippen molar-refractivity contribution in [1.82, 2.24) is 5.32 Å². The van der Waals surface area contributed by atoms with Gasteiger partial charge in [0.1, 0.15) is 5.60 Å². The summed E-state index contributed by atoms with van der Waals surface area (Å²) in [6.45, 7) is 5.48. The lowest BCUT2D eigenvalue weighted by Gasteiger charge is -2.19. The molecule has 0 aliphatic carbocycles. The quantitative estimate of drug-likeness (QED) is 0.513. The van der Waals surface area contributed by atoms with Gasteiger partial charge in [-0.1, -0.05) is 36.4 Å². The van der Waals surface area contributed by atoms with Crippen molar-refractivity contribution in [3.63, 3.8) is 0 Å². The lowest BCUT2D eigenvalue weighted by Crippen LogP contribution is -2.34. The van der Waals surface area contributed by atoms with Gasteiger partial charge in [-0.25, -0.2) is 4.79 Å². The summed E-state index contributed by atoms with van der Waals surface area (Å²) in [5.41, 5.74) is 1.22. The highest BCUT2D eigenvalue weighted by atomic mass is 16.6. The second-order valence-corrected chi connectivity index (χ2v) is 8.29. The summed E-state index contributed by atoms with van der Waals surface area (Å²) in [5, 5.41) is 10.1. The number of alkyl carbamates (subject to hydrolysis) is 1. The van der Waals surface area contributed by atoms with Gasteiger partial charge in [0.05, 0.1) is 0 Å². The molecule has 0 saturated heterocycles. The van der Waals surface area contributed by atoms with E-state index in [1.54, 1.807) is 51.1 Å². The van der Waals surface area contributed by atoms with Gasteiger partial charge in [0.15, 0.2) is 0 Å². The Labute approximate surface area is 187 Å². The van der Waals surface area contributed by atoms with Gasteiger partial charge in [0.2, 0.25) is 5.91 Å². The van der Waals surface area contributed by atoms with Crippen molar-refractivity contribution in [2.45, 2.75) is 32.8 Å². The van der Waals surface area contributed by atoms with Gasteiger partial charge in [0, 0.05) is 29.9 Å². The van der Waals surface area contributed by atoms with Crippen LogP contribution in [0.15, 0.2) is 66.7 Å². The molecule has 0 fully saturated rings. The van der Waals surface area contributed by atoms with E-state index in [1.807, 2.05) is 36.4 Å². The molecule has 0 aromatic heterocycles. The van der Waals surface area contributed by atoms with Crippen molar-refractivity contribution in [3.05, 3.63) is 72.3 Å². The molecule has 0 saturated carbocycles. The fourth-order valence-electron chi connectivity index (χ4n) is 3.07. The number of hydrogen-bond donors (Lipinski definition) is 3. The van der Waals surface area contributed by atoms with E-state index in [0.717, 1.165) is 10.8 Å². The van der Waals surface area contributed by atoms with Crippen molar-refractivity contribution in [3.8, 4) is 0 Å². The molecule has 3 amide bonds. The second-order valence-electron chi connectivity index (χ2n) is 8.29. The van der Waals surface area contributed by atoms with Crippen molar-refractivity contribution in [2.75, 3.05) is 17.2 Å². The van der Waals surface area contributed by atoms with Gasteiger partial charge < -0.3 is 20.7 Å². The topological polar surface area (TPSA) is 96.5 Å². The smallest absolute Gasteiger partial charge is 0.407 e. The number of carbonyl (C=O) groups is 3. The number of anilines is 2. The summed E-state index contributed by atoms with van der Waals surface area (Å²) >= 11 is 0. The molecule has 0 aliphatic heterocycles. The Hall–Kier alpha value is -3.87. The third-order valence-corrected chi connectivity index (χ3v) is 4.48. The molecule has 3 N–H and O–H groups in total. The Morgan fingerprint density at radius 3 is 2.12 bits per heavy atom. The number of ether oxygens (including phenoxy) is 1. The Balaban J connectivity index is 1.51. The van der Waals surface area contributed by atoms with Crippen LogP contribution in [0.4, 0.5) is 16.2 Å². The molecule has 0 heterocycles. The van der Waals surface area contributed by atoms with Gasteiger partial charge in [-0.2, -0.15) is 0 Å². The molecule has 166 valence electrons. The number of carbonyl (C=O) groups excluding carboxylic acids is 3. The van der Waals surface area contributed by atoms with Gasteiger partial charge in [0.25, 0.3) is 5.91 Å². The van der Waals surface area contributed by atoms with Gasteiger partial charge in [-0.15, -0.1) is 0 Å². The van der Waals surface area contributed by atoms with Crippen LogP contribution < -0.4 is 16.0 Å². The van der Waals surface area contributed by atoms with E-state index in [1.165, 1.54) is 0 Å². The third-order valence-electron chi connectivity index (χ3n) is 4.48. The molecule has 0 bridgehead atoms. The number of benzene rings is 3. The summed E-state index contributed by atoms with van der Waals surface area (Å²) in [5.74, 6) is -0.444. The fraction of sp³-hybridized carbons (Fsp3) is 0.240. The first-order chi connectivity index (χ1) is 15.2. The summed E-state index contributed by atoms with van der Waals surface area (Å²) in [6.07, 6.45) is -0.449. The molecule has 7 heteroatoms. The lowest BCUT2D eigenvalue weighted by molar-refractivity contribution is -0.116. The van der Waals surface area contributed by atoms with E-state index < -0.39 is 11.7 Å². The van der Waals surface area contributed by atoms with Crippen LogP contribution in [0, 0.1) is 0 Å². The van der Waals surface area contributed by atoms with Crippen molar-refractivity contribution >= 4 is 40.1 Å². The Kier molecular flexibility index (Phi) is 7.10. The van der Waals surface area contributed by atoms with E-state index in [2.05, 4.69) is 16.0 Å². The maximum atomic E-state index is 12.7. The zero-order valence-corrected chi connectivity index (χ0v) is 18.4. The average Bonchev–Trinajstić information content (AvgIpc) is 2.73. The zero-order chi connectivity index (χ0) is 23.1. The minimum atomic E-state index is -0.586. The SMILES string of the molecule is CC(C)(C)OC(=O)NCCC(=O)Nc1ccc(NC(=O)c2cccc3ccccc23)cc1. The molecule has 0 radical (unpaired) electrons. The van der Waals surface area contributed by atoms with Crippen molar-refractivity contribution < 1.29 is 19.1 Å². The van der Waals surface area contributed by atoms with Crippen LogP contribution >= 0.6 is 0 Å².